The Morgan fingerprint density at radius 3 is 2.40 bits per heavy atom. The summed E-state index contributed by atoms with van der Waals surface area (Å²) in [5.74, 6) is 0.879. The molecule has 0 radical (unpaired) electrons. The highest BCUT2D eigenvalue weighted by Crippen LogP contribution is 2.08. The zero-order chi connectivity index (χ0) is 10.9. The van der Waals surface area contributed by atoms with E-state index in [-0.39, 0.29) is 0 Å². The Kier molecular flexibility index (Phi) is 6.16. The molecule has 0 saturated carbocycles. The second-order valence-corrected chi connectivity index (χ2v) is 4.00. The summed E-state index contributed by atoms with van der Waals surface area (Å²) >= 11 is 0. The van der Waals surface area contributed by atoms with Crippen LogP contribution < -0.4 is 10.6 Å². The van der Waals surface area contributed by atoms with Crippen molar-refractivity contribution in [3.8, 4) is 0 Å². The summed E-state index contributed by atoms with van der Waals surface area (Å²) in [6, 6.07) is 0. The molecular formula is C11H24N4. The smallest absolute Gasteiger partial charge is 0.190 e. The molecule has 0 aromatic heterocycles. The van der Waals surface area contributed by atoms with Gasteiger partial charge in [0.1, 0.15) is 0 Å². The SMILES string of the molecule is CN=C(NC)NCCN1CCCCCC1. The highest BCUT2D eigenvalue weighted by molar-refractivity contribution is 5.79. The van der Waals surface area contributed by atoms with Crippen LogP contribution in [-0.4, -0.2) is 51.1 Å². The van der Waals surface area contributed by atoms with Crippen LogP contribution in [0, 0.1) is 0 Å². The number of nitrogens with zero attached hydrogens (tertiary/aromatic N) is 2. The molecule has 0 unspecified atom stereocenters. The summed E-state index contributed by atoms with van der Waals surface area (Å²) in [6.45, 7) is 4.63. The van der Waals surface area contributed by atoms with Crippen molar-refractivity contribution in [2.45, 2.75) is 25.7 Å². The summed E-state index contributed by atoms with van der Waals surface area (Å²) in [7, 11) is 3.69. The minimum atomic E-state index is 0.879. The van der Waals surface area contributed by atoms with Crippen molar-refractivity contribution in [2.24, 2.45) is 4.99 Å². The molecule has 4 heteroatoms. The predicted octanol–water partition coefficient (Wildman–Crippen LogP) is 0.657. The minimum Gasteiger partial charge on any atom is -0.359 e. The van der Waals surface area contributed by atoms with Crippen LogP contribution >= 0.6 is 0 Å². The van der Waals surface area contributed by atoms with Crippen LogP contribution in [-0.2, 0) is 0 Å². The highest BCUT2D eigenvalue weighted by Gasteiger charge is 2.07. The molecule has 2 N–H and O–H groups in total. The number of nitrogens with one attached hydrogen (secondary N) is 2. The lowest BCUT2D eigenvalue weighted by Gasteiger charge is -2.20. The number of hydrogen-bond donors (Lipinski definition) is 2. The maximum absolute atomic E-state index is 4.08. The Balaban J connectivity index is 2.12. The molecular weight excluding hydrogens is 188 g/mol. The summed E-state index contributed by atoms with van der Waals surface area (Å²) in [5.41, 5.74) is 0. The Hall–Kier alpha value is -0.770. The van der Waals surface area contributed by atoms with Crippen LogP contribution in [0.4, 0.5) is 0 Å². The molecule has 1 heterocycles. The van der Waals surface area contributed by atoms with Crippen molar-refractivity contribution in [3.63, 3.8) is 0 Å². The monoisotopic (exact) mass is 212 g/mol. The molecule has 4 nitrogen and oxygen atoms in total. The van der Waals surface area contributed by atoms with E-state index in [1.807, 2.05) is 7.05 Å². The molecule has 1 fully saturated rings. The van der Waals surface area contributed by atoms with Gasteiger partial charge >= 0.3 is 0 Å². The van der Waals surface area contributed by atoms with Crippen LogP contribution in [0.3, 0.4) is 0 Å². The number of aliphatic imine (C=N–C) groups is 1. The van der Waals surface area contributed by atoms with Gasteiger partial charge in [0.2, 0.25) is 0 Å². The van der Waals surface area contributed by atoms with E-state index in [9.17, 15) is 0 Å². The molecule has 0 aromatic carbocycles. The molecule has 88 valence electrons. The van der Waals surface area contributed by atoms with E-state index in [0.717, 1.165) is 19.0 Å². The van der Waals surface area contributed by atoms with Gasteiger partial charge in [0, 0.05) is 27.2 Å². The Morgan fingerprint density at radius 2 is 1.87 bits per heavy atom. The molecule has 1 aliphatic rings. The largest absolute Gasteiger partial charge is 0.359 e. The van der Waals surface area contributed by atoms with Crippen molar-refractivity contribution >= 4 is 5.96 Å². The number of rotatable bonds is 3. The second kappa shape index (κ2) is 7.51. The summed E-state index contributed by atoms with van der Waals surface area (Å²) in [6.07, 6.45) is 5.53. The average Bonchev–Trinajstić information content (AvgIpc) is 2.53. The first-order valence-electron chi connectivity index (χ1n) is 5.97. The van der Waals surface area contributed by atoms with Crippen molar-refractivity contribution < 1.29 is 0 Å². The lowest BCUT2D eigenvalue weighted by molar-refractivity contribution is 0.289. The van der Waals surface area contributed by atoms with Crippen molar-refractivity contribution in [1.29, 1.82) is 0 Å². The maximum atomic E-state index is 4.08. The first-order chi connectivity index (χ1) is 7.36. The van der Waals surface area contributed by atoms with E-state index in [1.165, 1.54) is 38.8 Å². The van der Waals surface area contributed by atoms with E-state index < -0.39 is 0 Å². The zero-order valence-electron chi connectivity index (χ0n) is 10.1. The van der Waals surface area contributed by atoms with Crippen LogP contribution in [0.15, 0.2) is 4.99 Å². The van der Waals surface area contributed by atoms with Gasteiger partial charge in [-0.25, -0.2) is 0 Å². The zero-order valence-corrected chi connectivity index (χ0v) is 10.1. The summed E-state index contributed by atoms with van der Waals surface area (Å²) < 4.78 is 0. The summed E-state index contributed by atoms with van der Waals surface area (Å²) in [4.78, 5) is 6.63. The van der Waals surface area contributed by atoms with Crippen LogP contribution in [0.1, 0.15) is 25.7 Å². The quantitative estimate of drug-likeness (QED) is 0.533. The number of likely N-dealkylation sites (tertiary alicyclic amines) is 1. The fourth-order valence-corrected chi connectivity index (χ4v) is 1.97. The third kappa shape index (κ3) is 5.02. The van der Waals surface area contributed by atoms with Crippen LogP contribution in [0.2, 0.25) is 0 Å². The third-order valence-corrected chi connectivity index (χ3v) is 2.88. The maximum Gasteiger partial charge on any atom is 0.190 e. The Morgan fingerprint density at radius 1 is 1.20 bits per heavy atom. The predicted molar refractivity (Wildman–Crippen MR) is 65.3 cm³/mol. The van der Waals surface area contributed by atoms with E-state index in [1.54, 1.807) is 7.05 Å². The van der Waals surface area contributed by atoms with E-state index in [2.05, 4.69) is 20.5 Å². The first kappa shape index (κ1) is 12.3. The molecule has 0 spiro atoms. The average molecular weight is 212 g/mol. The molecule has 0 aromatic rings. The van der Waals surface area contributed by atoms with Gasteiger partial charge in [0.05, 0.1) is 0 Å². The molecule has 0 aliphatic carbocycles. The molecule has 1 aliphatic heterocycles. The van der Waals surface area contributed by atoms with Gasteiger partial charge in [-0.2, -0.15) is 0 Å². The van der Waals surface area contributed by atoms with Gasteiger partial charge in [-0.3, -0.25) is 4.99 Å². The first-order valence-corrected chi connectivity index (χ1v) is 5.97. The molecule has 0 atom stereocenters. The van der Waals surface area contributed by atoms with Gasteiger partial charge in [-0.15, -0.1) is 0 Å². The molecule has 0 bridgehead atoms. The second-order valence-electron chi connectivity index (χ2n) is 4.00. The van der Waals surface area contributed by atoms with Gasteiger partial charge in [-0.05, 0) is 25.9 Å². The summed E-state index contributed by atoms with van der Waals surface area (Å²) in [5, 5.41) is 6.31. The van der Waals surface area contributed by atoms with Gasteiger partial charge in [-0.1, -0.05) is 12.8 Å². The highest BCUT2D eigenvalue weighted by atomic mass is 15.2. The number of hydrogen-bond acceptors (Lipinski definition) is 2. The van der Waals surface area contributed by atoms with Crippen LogP contribution in [0.5, 0.6) is 0 Å². The minimum absolute atomic E-state index is 0.879. The molecule has 1 rings (SSSR count). The fourth-order valence-electron chi connectivity index (χ4n) is 1.97. The standard InChI is InChI=1S/C11H24N4/c1-12-11(13-2)14-7-10-15-8-5-3-4-6-9-15/h3-10H2,1-2H3,(H2,12,13,14). The third-order valence-electron chi connectivity index (χ3n) is 2.88. The molecule has 15 heavy (non-hydrogen) atoms. The Labute approximate surface area is 93.1 Å². The number of guanidine groups is 1. The van der Waals surface area contributed by atoms with E-state index in [0.29, 0.717) is 0 Å². The Bertz CT molecular complexity index is 183. The molecule has 0 amide bonds. The van der Waals surface area contributed by atoms with Crippen molar-refractivity contribution in [3.05, 3.63) is 0 Å². The lowest BCUT2D eigenvalue weighted by Crippen LogP contribution is -2.40. The van der Waals surface area contributed by atoms with Gasteiger partial charge < -0.3 is 15.5 Å². The molecule has 1 saturated heterocycles. The fraction of sp³-hybridized carbons (Fsp3) is 0.909. The lowest BCUT2D eigenvalue weighted by atomic mass is 10.2. The van der Waals surface area contributed by atoms with Crippen LogP contribution in [0.25, 0.3) is 0 Å². The topological polar surface area (TPSA) is 39.7 Å². The normalized spacial score (nSPS) is 19.7. The van der Waals surface area contributed by atoms with E-state index >= 15 is 0 Å². The van der Waals surface area contributed by atoms with Gasteiger partial charge in [0.25, 0.3) is 0 Å². The van der Waals surface area contributed by atoms with E-state index in [4.69, 9.17) is 0 Å². The van der Waals surface area contributed by atoms with Crippen molar-refractivity contribution in [1.82, 2.24) is 15.5 Å². The van der Waals surface area contributed by atoms with Gasteiger partial charge in [0.15, 0.2) is 5.96 Å². The van der Waals surface area contributed by atoms with Crippen molar-refractivity contribution in [2.75, 3.05) is 40.3 Å².